The summed E-state index contributed by atoms with van der Waals surface area (Å²) in [6.45, 7) is -0.296. The minimum Gasteiger partial charge on any atom is -0.480 e. The largest absolute Gasteiger partial charge is 0.480 e. The molecule has 1 amide bonds. The Morgan fingerprint density at radius 1 is 1.41 bits per heavy atom. The smallest absolute Gasteiger partial charge is 0.326 e. The zero-order chi connectivity index (χ0) is 12.8. The minimum atomic E-state index is -1.16. The highest BCUT2D eigenvalue weighted by molar-refractivity contribution is 9.10. The first-order chi connectivity index (χ1) is 8.04. The Morgan fingerprint density at radius 2 is 2.12 bits per heavy atom. The van der Waals surface area contributed by atoms with Crippen molar-refractivity contribution in [3.05, 3.63) is 34.3 Å². The molecule has 6 heteroatoms. The summed E-state index contributed by atoms with van der Waals surface area (Å²) in [5.74, 6) is -1.64. The quantitative estimate of drug-likeness (QED) is 0.758. The van der Waals surface area contributed by atoms with E-state index < -0.39 is 17.9 Å². The second-order valence-electron chi connectivity index (χ2n) is 3.39. The molecule has 0 aliphatic carbocycles. The normalized spacial score (nSPS) is 11.9. The molecule has 1 aromatic carbocycles. The molecule has 1 aromatic rings. The van der Waals surface area contributed by atoms with Crippen LogP contribution in [0, 0.1) is 0 Å². The van der Waals surface area contributed by atoms with E-state index in [-0.39, 0.29) is 13.0 Å². The Morgan fingerprint density at radius 3 is 2.65 bits per heavy atom. The van der Waals surface area contributed by atoms with Crippen molar-refractivity contribution in [1.82, 2.24) is 5.32 Å². The van der Waals surface area contributed by atoms with E-state index in [4.69, 9.17) is 10.2 Å². The Kier molecular flexibility index (Phi) is 5.11. The van der Waals surface area contributed by atoms with Crippen LogP contribution in [0.2, 0.25) is 0 Å². The zero-order valence-electron chi connectivity index (χ0n) is 8.89. The van der Waals surface area contributed by atoms with Gasteiger partial charge < -0.3 is 15.5 Å². The van der Waals surface area contributed by atoms with Crippen LogP contribution >= 0.6 is 15.9 Å². The van der Waals surface area contributed by atoms with Crippen LogP contribution in [0.15, 0.2) is 28.7 Å². The third kappa shape index (κ3) is 4.16. The maximum Gasteiger partial charge on any atom is 0.326 e. The maximum absolute atomic E-state index is 11.7. The lowest BCUT2D eigenvalue weighted by Crippen LogP contribution is -2.41. The lowest BCUT2D eigenvalue weighted by Gasteiger charge is -2.13. The molecule has 0 saturated heterocycles. The summed E-state index contributed by atoms with van der Waals surface area (Å²) in [5, 5.41) is 19.9. The molecule has 0 heterocycles. The highest BCUT2D eigenvalue weighted by atomic mass is 79.9. The molecule has 0 aliphatic heterocycles. The summed E-state index contributed by atoms with van der Waals surface area (Å²) in [6.07, 6.45) is -0.0188. The predicted octanol–water partition coefficient (Wildman–Crippen LogP) is 1.01. The van der Waals surface area contributed by atoms with Crippen molar-refractivity contribution in [3.63, 3.8) is 0 Å². The number of halogens is 1. The number of carboxylic acid groups (broad SMARTS) is 1. The van der Waals surface area contributed by atoms with Crippen molar-refractivity contribution in [2.75, 3.05) is 6.61 Å². The van der Waals surface area contributed by atoms with Crippen molar-refractivity contribution in [1.29, 1.82) is 0 Å². The monoisotopic (exact) mass is 301 g/mol. The van der Waals surface area contributed by atoms with E-state index in [2.05, 4.69) is 21.2 Å². The third-order valence-electron chi connectivity index (χ3n) is 2.11. The summed E-state index contributed by atoms with van der Waals surface area (Å²) >= 11 is 3.22. The number of nitrogens with one attached hydrogen (secondary N) is 1. The topological polar surface area (TPSA) is 86.6 Å². The molecule has 3 N–H and O–H groups in total. The third-order valence-corrected chi connectivity index (χ3v) is 2.60. The van der Waals surface area contributed by atoms with Gasteiger partial charge in [-0.05, 0) is 18.2 Å². The van der Waals surface area contributed by atoms with E-state index in [0.717, 1.165) is 4.47 Å². The molecule has 17 heavy (non-hydrogen) atoms. The van der Waals surface area contributed by atoms with E-state index in [1.54, 1.807) is 24.3 Å². The number of aliphatic carboxylic acids is 1. The van der Waals surface area contributed by atoms with E-state index in [9.17, 15) is 9.59 Å². The van der Waals surface area contributed by atoms with Gasteiger partial charge in [0.1, 0.15) is 6.04 Å². The van der Waals surface area contributed by atoms with Gasteiger partial charge in [0.05, 0.1) is 0 Å². The van der Waals surface area contributed by atoms with Gasteiger partial charge in [-0.1, -0.05) is 22.0 Å². The molecule has 5 nitrogen and oxygen atoms in total. The highest BCUT2D eigenvalue weighted by Crippen LogP contribution is 2.11. The van der Waals surface area contributed by atoms with Gasteiger partial charge in [-0.3, -0.25) is 4.79 Å². The molecule has 0 saturated carbocycles. The number of carbonyl (C=O) groups is 2. The molecule has 1 atom stereocenters. The van der Waals surface area contributed by atoms with Gasteiger partial charge in [0.15, 0.2) is 0 Å². The Hall–Kier alpha value is -1.40. The van der Waals surface area contributed by atoms with Gasteiger partial charge in [0.25, 0.3) is 5.91 Å². The van der Waals surface area contributed by atoms with Crippen LogP contribution in [-0.4, -0.2) is 34.7 Å². The Labute approximate surface area is 107 Å². The van der Waals surface area contributed by atoms with E-state index in [1.165, 1.54) is 0 Å². The Balaban J connectivity index is 2.73. The van der Waals surface area contributed by atoms with E-state index in [0.29, 0.717) is 5.56 Å². The molecule has 1 rings (SSSR count). The molecule has 0 aromatic heterocycles. The first-order valence-electron chi connectivity index (χ1n) is 4.94. The van der Waals surface area contributed by atoms with Crippen molar-refractivity contribution >= 4 is 27.8 Å². The number of aliphatic hydroxyl groups excluding tert-OH is 1. The lowest BCUT2D eigenvalue weighted by atomic mass is 10.1. The summed E-state index contributed by atoms with van der Waals surface area (Å²) in [6, 6.07) is 5.54. The van der Waals surface area contributed by atoms with Gasteiger partial charge in [-0.25, -0.2) is 4.79 Å². The van der Waals surface area contributed by atoms with Crippen LogP contribution in [0.3, 0.4) is 0 Å². The molecular formula is C11H12BrNO4. The first kappa shape index (κ1) is 13.7. The molecular weight excluding hydrogens is 290 g/mol. The van der Waals surface area contributed by atoms with Crippen LogP contribution in [0.4, 0.5) is 0 Å². The number of aliphatic hydroxyl groups is 1. The van der Waals surface area contributed by atoms with Crippen LogP contribution < -0.4 is 5.32 Å². The number of carbonyl (C=O) groups excluding carboxylic acids is 1. The van der Waals surface area contributed by atoms with Crippen LogP contribution in [0.1, 0.15) is 16.8 Å². The maximum atomic E-state index is 11.7. The van der Waals surface area contributed by atoms with Gasteiger partial charge in [-0.15, -0.1) is 0 Å². The summed E-state index contributed by atoms with van der Waals surface area (Å²) in [7, 11) is 0. The lowest BCUT2D eigenvalue weighted by molar-refractivity contribution is -0.139. The van der Waals surface area contributed by atoms with Crippen molar-refractivity contribution in [2.24, 2.45) is 0 Å². The molecule has 0 bridgehead atoms. The molecule has 1 unspecified atom stereocenters. The number of carboxylic acids is 1. The second-order valence-corrected chi connectivity index (χ2v) is 4.30. The molecule has 92 valence electrons. The van der Waals surface area contributed by atoms with Crippen molar-refractivity contribution in [2.45, 2.75) is 12.5 Å². The fourth-order valence-electron chi connectivity index (χ4n) is 1.26. The van der Waals surface area contributed by atoms with E-state index >= 15 is 0 Å². The van der Waals surface area contributed by atoms with Gasteiger partial charge in [-0.2, -0.15) is 0 Å². The zero-order valence-corrected chi connectivity index (χ0v) is 10.5. The first-order valence-corrected chi connectivity index (χ1v) is 5.74. The average molecular weight is 302 g/mol. The summed E-state index contributed by atoms with van der Waals surface area (Å²) in [5.41, 5.74) is 0.364. The molecule has 0 radical (unpaired) electrons. The highest BCUT2D eigenvalue weighted by Gasteiger charge is 2.19. The van der Waals surface area contributed by atoms with Crippen molar-refractivity contribution in [3.8, 4) is 0 Å². The van der Waals surface area contributed by atoms with Crippen LogP contribution in [0.25, 0.3) is 0 Å². The predicted molar refractivity (Wildman–Crippen MR) is 64.7 cm³/mol. The SMILES string of the molecule is O=C(NC(CCO)C(=O)O)c1cccc(Br)c1. The second kappa shape index (κ2) is 6.36. The fraction of sp³-hybridized carbons (Fsp3) is 0.273. The molecule has 0 fully saturated rings. The Bertz CT molecular complexity index is 422. The number of hydrogen-bond donors (Lipinski definition) is 3. The van der Waals surface area contributed by atoms with E-state index in [1.807, 2.05) is 0 Å². The van der Waals surface area contributed by atoms with Gasteiger partial charge in [0, 0.05) is 23.1 Å². The van der Waals surface area contributed by atoms with Crippen LogP contribution in [0.5, 0.6) is 0 Å². The van der Waals surface area contributed by atoms with Gasteiger partial charge in [0.2, 0.25) is 0 Å². The number of rotatable bonds is 5. The van der Waals surface area contributed by atoms with Crippen LogP contribution in [-0.2, 0) is 4.79 Å². The number of benzene rings is 1. The van der Waals surface area contributed by atoms with Crippen molar-refractivity contribution < 1.29 is 19.8 Å². The molecule has 0 aliphatic rings. The number of hydrogen-bond acceptors (Lipinski definition) is 3. The average Bonchev–Trinajstić information content (AvgIpc) is 2.28. The summed E-state index contributed by atoms with van der Waals surface area (Å²) < 4.78 is 0.735. The standard InChI is InChI=1S/C11H12BrNO4/c12-8-3-1-2-7(6-8)10(15)13-9(4-5-14)11(16)17/h1-3,6,9,14H,4-5H2,(H,13,15)(H,16,17). The number of amides is 1. The van der Waals surface area contributed by atoms with Gasteiger partial charge >= 0.3 is 5.97 Å². The molecule has 0 spiro atoms. The minimum absolute atomic E-state index is 0.0188. The fourth-order valence-corrected chi connectivity index (χ4v) is 1.66. The summed E-state index contributed by atoms with van der Waals surface area (Å²) in [4.78, 5) is 22.5.